The molecule has 1 unspecified atom stereocenters. The van der Waals surface area contributed by atoms with Crippen molar-refractivity contribution in [2.24, 2.45) is 0 Å². The maximum Gasteiger partial charge on any atom is 0.126 e. The highest BCUT2D eigenvalue weighted by Crippen LogP contribution is 2.02. The summed E-state index contributed by atoms with van der Waals surface area (Å²) in [5.41, 5.74) is 0. The van der Waals surface area contributed by atoms with Crippen molar-refractivity contribution in [2.45, 2.75) is 19.9 Å². The number of likely N-dealkylation sites (N-methyl/N-ethyl adjacent to an activating group) is 1. The van der Waals surface area contributed by atoms with E-state index in [9.17, 15) is 0 Å². The van der Waals surface area contributed by atoms with E-state index in [0.717, 1.165) is 12.3 Å². The van der Waals surface area contributed by atoms with Crippen LogP contribution < -0.4 is 5.32 Å². The summed E-state index contributed by atoms with van der Waals surface area (Å²) in [6, 6.07) is 4.23. The molecule has 0 aliphatic heterocycles. The van der Waals surface area contributed by atoms with Crippen LogP contribution in [0.5, 0.6) is 0 Å². The van der Waals surface area contributed by atoms with E-state index < -0.39 is 0 Å². The summed E-state index contributed by atoms with van der Waals surface area (Å²) in [4.78, 5) is 0. The molecule has 0 aliphatic rings. The highest BCUT2D eigenvalue weighted by Gasteiger charge is 1.92. The van der Waals surface area contributed by atoms with Gasteiger partial charge in [-0.1, -0.05) is 13.0 Å². The van der Waals surface area contributed by atoms with Gasteiger partial charge >= 0.3 is 0 Å². The third-order valence-electron chi connectivity index (χ3n) is 1.62. The van der Waals surface area contributed by atoms with E-state index >= 15 is 0 Å². The lowest BCUT2D eigenvalue weighted by Crippen LogP contribution is -2.22. The lowest BCUT2D eigenvalue weighted by molar-refractivity contribution is 0.556. The predicted octanol–water partition coefficient (Wildman–Crippen LogP) is 2.29. The van der Waals surface area contributed by atoms with E-state index in [0.29, 0.717) is 6.04 Å². The maximum atomic E-state index is 5.15. The van der Waals surface area contributed by atoms with Gasteiger partial charge < -0.3 is 9.73 Å². The first-order valence-electron chi connectivity index (χ1n) is 4.28. The molecule has 0 amide bonds. The smallest absolute Gasteiger partial charge is 0.126 e. The molecule has 1 heterocycles. The van der Waals surface area contributed by atoms with Crippen LogP contribution >= 0.6 is 0 Å². The van der Waals surface area contributed by atoms with Gasteiger partial charge in [0, 0.05) is 6.04 Å². The molecule has 0 saturated carbocycles. The van der Waals surface area contributed by atoms with Crippen molar-refractivity contribution in [3.8, 4) is 0 Å². The summed E-state index contributed by atoms with van der Waals surface area (Å²) >= 11 is 0. The average Bonchev–Trinajstić information content (AvgIpc) is 2.53. The van der Waals surface area contributed by atoms with Crippen LogP contribution in [0.1, 0.15) is 19.6 Å². The van der Waals surface area contributed by atoms with Crippen LogP contribution in [0.3, 0.4) is 0 Å². The quantitative estimate of drug-likeness (QED) is 0.740. The van der Waals surface area contributed by atoms with Crippen molar-refractivity contribution in [2.75, 3.05) is 6.54 Å². The van der Waals surface area contributed by atoms with Gasteiger partial charge in [-0.15, -0.1) is 0 Å². The van der Waals surface area contributed by atoms with Crippen LogP contribution in [-0.4, -0.2) is 12.6 Å². The topological polar surface area (TPSA) is 25.2 Å². The number of nitrogens with one attached hydrogen (secondary N) is 1. The van der Waals surface area contributed by atoms with E-state index in [1.54, 1.807) is 6.26 Å². The van der Waals surface area contributed by atoms with Gasteiger partial charge in [-0.25, -0.2) is 0 Å². The molecule has 0 fully saturated rings. The third kappa shape index (κ3) is 2.93. The summed E-state index contributed by atoms with van der Waals surface area (Å²) < 4.78 is 5.15. The van der Waals surface area contributed by atoms with E-state index in [1.807, 2.05) is 18.2 Å². The zero-order chi connectivity index (χ0) is 8.81. The first-order valence-corrected chi connectivity index (χ1v) is 4.28. The Kier molecular flexibility index (Phi) is 3.61. The van der Waals surface area contributed by atoms with Crippen molar-refractivity contribution < 1.29 is 4.42 Å². The van der Waals surface area contributed by atoms with Crippen molar-refractivity contribution in [1.82, 2.24) is 5.32 Å². The van der Waals surface area contributed by atoms with E-state index in [-0.39, 0.29) is 0 Å². The molecule has 2 nitrogen and oxygen atoms in total. The molecule has 1 rings (SSSR count). The SMILES string of the molecule is CCNC(C)/C=C/c1ccco1. The first-order chi connectivity index (χ1) is 5.83. The lowest BCUT2D eigenvalue weighted by Gasteiger charge is -2.04. The van der Waals surface area contributed by atoms with Crippen LogP contribution in [0.4, 0.5) is 0 Å². The highest BCUT2D eigenvalue weighted by atomic mass is 16.3. The Bertz CT molecular complexity index is 226. The fourth-order valence-electron chi connectivity index (χ4n) is 1.02. The largest absolute Gasteiger partial charge is 0.465 e. The van der Waals surface area contributed by atoms with Crippen LogP contribution in [0, 0.1) is 0 Å². The number of hydrogen-bond acceptors (Lipinski definition) is 2. The minimum atomic E-state index is 0.403. The maximum absolute atomic E-state index is 5.15. The minimum Gasteiger partial charge on any atom is -0.465 e. The Balaban J connectivity index is 2.40. The highest BCUT2D eigenvalue weighted by molar-refractivity contribution is 5.42. The zero-order valence-corrected chi connectivity index (χ0v) is 7.58. The summed E-state index contributed by atoms with van der Waals surface area (Å²) in [7, 11) is 0. The zero-order valence-electron chi connectivity index (χ0n) is 7.58. The molecule has 0 radical (unpaired) electrons. The average molecular weight is 165 g/mol. The molecule has 0 spiro atoms. The molecule has 66 valence electrons. The molecule has 0 aromatic carbocycles. The summed E-state index contributed by atoms with van der Waals surface area (Å²) in [5.74, 6) is 0.903. The fourth-order valence-corrected chi connectivity index (χ4v) is 1.02. The minimum absolute atomic E-state index is 0.403. The van der Waals surface area contributed by atoms with Gasteiger partial charge in [0.05, 0.1) is 6.26 Å². The molecule has 2 heteroatoms. The second-order valence-corrected chi connectivity index (χ2v) is 2.72. The fraction of sp³-hybridized carbons (Fsp3) is 0.400. The van der Waals surface area contributed by atoms with Crippen LogP contribution in [0.2, 0.25) is 0 Å². The van der Waals surface area contributed by atoms with Gasteiger partial charge in [0.1, 0.15) is 5.76 Å². The van der Waals surface area contributed by atoms with Gasteiger partial charge in [0.2, 0.25) is 0 Å². The Morgan fingerprint density at radius 1 is 1.67 bits per heavy atom. The van der Waals surface area contributed by atoms with Crippen molar-refractivity contribution in [3.63, 3.8) is 0 Å². The second kappa shape index (κ2) is 4.78. The lowest BCUT2D eigenvalue weighted by atomic mass is 10.3. The van der Waals surface area contributed by atoms with Gasteiger partial charge in [-0.3, -0.25) is 0 Å². The standard InChI is InChI=1S/C10H15NO/c1-3-11-9(2)6-7-10-5-4-8-12-10/h4-9,11H,3H2,1-2H3/b7-6+. The van der Waals surface area contributed by atoms with Gasteiger partial charge in [-0.05, 0) is 31.7 Å². The monoisotopic (exact) mass is 165 g/mol. The van der Waals surface area contributed by atoms with E-state index in [1.165, 1.54) is 0 Å². The van der Waals surface area contributed by atoms with Gasteiger partial charge in [0.25, 0.3) is 0 Å². The van der Waals surface area contributed by atoms with Gasteiger partial charge in [-0.2, -0.15) is 0 Å². The third-order valence-corrected chi connectivity index (χ3v) is 1.62. The van der Waals surface area contributed by atoms with E-state index in [2.05, 4.69) is 25.2 Å². The van der Waals surface area contributed by atoms with Gasteiger partial charge in [0.15, 0.2) is 0 Å². The molecule has 0 aliphatic carbocycles. The normalized spacial score (nSPS) is 13.8. The Hall–Kier alpha value is -1.02. The number of hydrogen-bond donors (Lipinski definition) is 1. The molecule has 1 aromatic heterocycles. The molecule has 1 N–H and O–H groups in total. The van der Waals surface area contributed by atoms with Crippen LogP contribution in [-0.2, 0) is 0 Å². The molecule has 0 bridgehead atoms. The molecular formula is C10H15NO. The molecule has 0 saturated heterocycles. The molecular weight excluding hydrogens is 150 g/mol. The summed E-state index contributed by atoms with van der Waals surface area (Å²) in [5, 5.41) is 3.28. The Labute approximate surface area is 73.3 Å². The first kappa shape index (κ1) is 9.07. The van der Waals surface area contributed by atoms with Crippen LogP contribution in [0.15, 0.2) is 28.9 Å². The van der Waals surface area contributed by atoms with E-state index in [4.69, 9.17) is 4.42 Å². The molecule has 1 atom stereocenters. The Morgan fingerprint density at radius 2 is 2.50 bits per heavy atom. The second-order valence-electron chi connectivity index (χ2n) is 2.72. The van der Waals surface area contributed by atoms with Crippen molar-refractivity contribution >= 4 is 6.08 Å². The summed E-state index contributed by atoms with van der Waals surface area (Å²) in [6.07, 6.45) is 5.74. The number of rotatable bonds is 4. The predicted molar refractivity (Wildman–Crippen MR) is 50.9 cm³/mol. The van der Waals surface area contributed by atoms with Crippen LogP contribution in [0.25, 0.3) is 6.08 Å². The van der Waals surface area contributed by atoms with Crippen molar-refractivity contribution in [3.05, 3.63) is 30.2 Å². The van der Waals surface area contributed by atoms with Crippen molar-refractivity contribution in [1.29, 1.82) is 0 Å². The Morgan fingerprint density at radius 3 is 3.08 bits per heavy atom. The molecule has 1 aromatic rings. The molecule has 12 heavy (non-hydrogen) atoms. The number of furan rings is 1. The summed E-state index contributed by atoms with van der Waals surface area (Å²) in [6.45, 7) is 5.20.